The van der Waals surface area contributed by atoms with E-state index >= 15 is 0 Å². The van der Waals surface area contributed by atoms with Crippen LogP contribution in [0.4, 0.5) is 5.69 Å². The predicted molar refractivity (Wildman–Crippen MR) is 145 cm³/mol. The zero-order valence-electron chi connectivity index (χ0n) is 20.2. The van der Waals surface area contributed by atoms with Crippen molar-refractivity contribution in [3.63, 3.8) is 0 Å². The highest BCUT2D eigenvalue weighted by Gasteiger charge is 2.28. The molecule has 1 N–H and O–H groups in total. The minimum absolute atomic E-state index is 0.0705. The summed E-state index contributed by atoms with van der Waals surface area (Å²) in [6.07, 6.45) is 4.70. The van der Waals surface area contributed by atoms with Crippen LogP contribution in [0.25, 0.3) is 10.9 Å². The molecule has 0 aliphatic carbocycles. The summed E-state index contributed by atoms with van der Waals surface area (Å²) in [5.74, 6) is 0.0764. The molecule has 0 aliphatic heterocycles. The van der Waals surface area contributed by atoms with E-state index in [1.54, 1.807) is 66.9 Å². The van der Waals surface area contributed by atoms with Gasteiger partial charge in [0.2, 0.25) is 0 Å². The van der Waals surface area contributed by atoms with E-state index in [-0.39, 0.29) is 4.90 Å². The lowest BCUT2D eigenvalue weighted by Gasteiger charge is -2.24. The number of carbonyl (C=O) groups excluding carboxylic acids is 1. The second-order valence-electron chi connectivity index (χ2n) is 8.14. The fourth-order valence-electron chi connectivity index (χ4n) is 3.58. The highest BCUT2D eigenvalue weighted by molar-refractivity contribution is 7.92. The van der Waals surface area contributed by atoms with Gasteiger partial charge in [0, 0.05) is 11.6 Å². The van der Waals surface area contributed by atoms with Gasteiger partial charge in [0.15, 0.2) is 0 Å². The quantitative estimate of drug-likeness (QED) is 0.191. The van der Waals surface area contributed by atoms with E-state index in [0.717, 1.165) is 20.8 Å². The number of aromatic nitrogens is 1. The van der Waals surface area contributed by atoms with Gasteiger partial charge in [0.05, 0.1) is 22.3 Å². The van der Waals surface area contributed by atoms with Crippen molar-refractivity contribution in [2.24, 2.45) is 5.10 Å². The molecule has 188 valence electrons. The number of fused-ring (bicyclic) bond motifs is 1. The lowest BCUT2D eigenvalue weighted by molar-refractivity contribution is -0.119. The van der Waals surface area contributed by atoms with E-state index in [1.807, 2.05) is 19.1 Å². The Morgan fingerprint density at radius 2 is 1.78 bits per heavy atom. The third kappa shape index (κ3) is 6.20. The van der Waals surface area contributed by atoms with E-state index < -0.39 is 22.5 Å². The summed E-state index contributed by atoms with van der Waals surface area (Å²) in [4.78, 5) is 17.3. The summed E-state index contributed by atoms with van der Waals surface area (Å²) in [6, 6.07) is 22.4. The number of aryl methyl sites for hydroxylation is 1. The Bertz CT molecular complexity index is 1530. The number of hydrogen-bond donors (Lipinski definition) is 1. The zero-order chi connectivity index (χ0) is 26.3. The second-order valence-corrected chi connectivity index (χ2v) is 10.0. The van der Waals surface area contributed by atoms with Crippen LogP contribution in [-0.2, 0) is 14.8 Å². The fourth-order valence-corrected chi connectivity index (χ4v) is 5.00. The van der Waals surface area contributed by atoms with Gasteiger partial charge in [-0.05, 0) is 61.0 Å². The van der Waals surface area contributed by atoms with Crippen molar-refractivity contribution in [3.8, 4) is 5.75 Å². The van der Waals surface area contributed by atoms with Crippen LogP contribution in [0.2, 0.25) is 0 Å². The summed E-state index contributed by atoms with van der Waals surface area (Å²) in [5.41, 5.74) is 4.84. The molecule has 0 radical (unpaired) electrons. The van der Waals surface area contributed by atoms with E-state index in [4.69, 9.17) is 4.74 Å². The minimum atomic E-state index is -4.09. The van der Waals surface area contributed by atoms with Crippen LogP contribution in [0, 0.1) is 6.92 Å². The number of hydrogen-bond acceptors (Lipinski definition) is 6. The Kier molecular flexibility index (Phi) is 7.95. The van der Waals surface area contributed by atoms with E-state index in [9.17, 15) is 13.2 Å². The van der Waals surface area contributed by atoms with Crippen molar-refractivity contribution in [2.45, 2.75) is 11.8 Å². The molecule has 37 heavy (non-hydrogen) atoms. The number of benzene rings is 3. The number of anilines is 1. The average molecular weight is 515 g/mol. The number of hydrazone groups is 1. The molecule has 0 saturated heterocycles. The first-order valence-corrected chi connectivity index (χ1v) is 12.9. The number of nitrogens with one attached hydrogen (secondary N) is 1. The van der Waals surface area contributed by atoms with Crippen LogP contribution in [0.3, 0.4) is 0 Å². The van der Waals surface area contributed by atoms with Crippen molar-refractivity contribution >= 4 is 38.7 Å². The number of pyridine rings is 1. The normalized spacial score (nSPS) is 11.4. The molecule has 8 nitrogen and oxygen atoms in total. The molecule has 3 aromatic carbocycles. The van der Waals surface area contributed by atoms with Gasteiger partial charge in [0.1, 0.15) is 18.9 Å². The smallest absolute Gasteiger partial charge is 0.264 e. The van der Waals surface area contributed by atoms with E-state index in [1.165, 1.54) is 18.3 Å². The Balaban J connectivity index is 1.58. The molecule has 0 spiro atoms. The highest BCUT2D eigenvalue weighted by Crippen LogP contribution is 2.29. The third-order valence-electron chi connectivity index (χ3n) is 5.43. The van der Waals surface area contributed by atoms with E-state index in [0.29, 0.717) is 23.6 Å². The van der Waals surface area contributed by atoms with Crippen LogP contribution < -0.4 is 14.5 Å². The third-order valence-corrected chi connectivity index (χ3v) is 7.20. The Labute approximate surface area is 216 Å². The van der Waals surface area contributed by atoms with E-state index in [2.05, 4.69) is 22.1 Å². The number of nitrogens with zero attached hydrogens (tertiary/aromatic N) is 3. The SMILES string of the molecule is C=CCOc1ccc(/C=N/NC(=O)CN(c2cccc3cccnc23)S(=O)(=O)c2ccc(C)cc2)cc1. The van der Waals surface area contributed by atoms with Crippen molar-refractivity contribution < 1.29 is 17.9 Å². The highest BCUT2D eigenvalue weighted by atomic mass is 32.2. The molecule has 0 bridgehead atoms. The number of ether oxygens (including phenoxy) is 1. The Hall–Kier alpha value is -4.50. The maximum Gasteiger partial charge on any atom is 0.264 e. The summed E-state index contributed by atoms with van der Waals surface area (Å²) in [7, 11) is -4.09. The van der Waals surface area contributed by atoms with Gasteiger partial charge in [0.25, 0.3) is 15.9 Å². The molecule has 0 saturated carbocycles. The maximum atomic E-state index is 13.7. The molecule has 4 aromatic rings. The molecule has 1 heterocycles. The molecule has 0 aliphatic rings. The summed E-state index contributed by atoms with van der Waals surface area (Å²) in [5, 5.41) is 4.74. The van der Waals surface area contributed by atoms with Gasteiger partial charge in [-0.2, -0.15) is 5.10 Å². The number of rotatable bonds is 10. The first kappa shape index (κ1) is 25.6. The zero-order valence-corrected chi connectivity index (χ0v) is 21.1. The Morgan fingerprint density at radius 1 is 1.05 bits per heavy atom. The first-order valence-electron chi connectivity index (χ1n) is 11.5. The lowest BCUT2D eigenvalue weighted by atomic mass is 10.2. The van der Waals surface area contributed by atoms with Crippen molar-refractivity contribution in [1.82, 2.24) is 10.4 Å². The topological polar surface area (TPSA) is 101 Å². The van der Waals surface area contributed by atoms with Gasteiger partial charge < -0.3 is 4.74 Å². The van der Waals surface area contributed by atoms with Crippen molar-refractivity contribution in [3.05, 3.63) is 109 Å². The number of sulfonamides is 1. The number of amides is 1. The predicted octanol–water partition coefficient (Wildman–Crippen LogP) is 4.45. The van der Waals surface area contributed by atoms with Crippen LogP contribution in [0.15, 0.2) is 108 Å². The molecule has 1 amide bonds. The molecule has 9 heteroatoms. The van der Waals surface area contributed by atoms with Gasteiger partial charge in [-0.15, -0.1) is 0 Å². The lowest BCUT2D eigenvalue weighted by Crippen LogP contribution is -2.39. The van der Waals surface area contributed by atoms with Crippen LogP contribution in [-0.4, -0.2) is 38.7 Å². The van der Waals surface area contributed by atoms with Crippen LogP contribution in [0.1, 0.15) is 11.1 Å². The summed E-state index contributed by atoms with van der Waals surface area (Å²) >= 11 is 0. The molecule has 0 unspecified atom stereocenters. The molecule has 1 aromatic heterocycles. The first-order chi connectivity index (χ1) is 17.9. The van der Waals surface area contributed by atoms with Crippen molar-refractivity contribution in [1.29, 1.82) is 0 Å². The minimum Gasteiger partial charge on any atom is -0.490 e. The molecule has 0 atom stereocenters. The molecule has 4 rings (SSSR count). The van der Waals surface area contributed by atoms with Gasteiger partial charge in [-0.3, -0.25) is 14.1 Å². The average Bonchev–Trinajstić information content (AvgIpc) is 2.91. The fraction of sp³-hybridized carbons (Fsp3) is 0.107. The summed E-state index contributed by atoms with van der Waals surface area (Å²) < 4.78 is 33.9. The summed E-state index contributed by atoms with van der Waals surface area (Å²) in [6.45, 7) is 5.39. The van der Waals surface area contributed by atoms with Gasteiger partial charge in [-0.1, -0.05) is 48.6 Å². The van der Waals surface area contributed by atoms with Gasteiger partial charge >= 0.3 is 0 Å². The standard InChI is InChI=1S/C28H26N4O4S/c1-3-18-36-24-13-11-22(12-14-24)19-30-31-27(33)20-32(37(34,35)25-15-9-21(2)10-16-25)26-8-4-6-23-7-5-17-29-28(23)26/h3-17,19H,1,18,20H2,2H3,(H,31,33)/b30-19+. The molecular formula is C28H26N4O4S. The monoisotopic (exact) mass is 514 g/mol. The van der Waals surface area contributed by atoms with Gasteiger partial charge in [-0.25, -0.2) is 13.8 Å². The maximum absolute atomic E-state index is 13.7. The molecule has 0 fully saturated rings. The Morgan fingerprint density at radius 3 is 2.51 bits per heavy atom. The number of para-hydroxylation sites is 1. The second kappa shape index (κ2) is 11.5. The molecular weight excluding hydrogens is 488 g/mol. The largest absolute Gasteiger partial charge is 0.490 e. The van der Waals surface area contributed by atoms with Crippen LogP contribution >= 0.6 is 0 Å². The van der Waals surface area contributed by atoms with Crippen LogP contribution in [0.5, 0.6) is 5.75 Å². The number of carbonyl (C=O) groups is 1. The van der Waals surface area contributed by atoms with Crippen molar-refractivity contribution in [2.75, 3.05) is 17.5 Å².